The number of ether oxygens (including phenoxy) is 3. The molecule has 2 atom stereocenters. The number of aromatic amines is 1. The van der Waals surface area contributed by atoms with Crippen molar-refractivity contribution in [1.29, 1.82) is 0 Å². The molecule has 0 spiro atoms. The van der Waals surface area contributed by atoms with Gasteiger partial charge in [0.05, 0.1) is 53.1 Å². The third-order valence-electron chi connectivity index (χ3n) is 4.42. The SMILES string of the molecule is Cc1c(OCC2COCCO2)ccnc1CS(=O)c1nc2ccccc2[nH]1. The Balaban J connectivity index is 1.45. The first kappa shape index (κ1) is 18.1. The van der Waals surface area contributed by atoms with Crippen molar-refractivity contribution in [2.45, 2.75) is 23.9 Å². The molecule has 7 nitrogen and oxygen atoms in total. The number of rotatable bonds is 6. The smallest absolute Gasteiger partial charge is 0.197 e. The maximum absolute atomic E-state index is 12.8. The van der Waals surface area contributed by atoms with Gasteiger partial charge in [0.25, 0.3) is 0 Å². The molecule has 1 saturated heterocycles. The van der Waals surface area contributed by atoms with E-state index in [1.807, 2.05) is 37.3 Å². The summed E-state index contributed by atoms with van der Waals surface area (Å²) in [4.78, 5) is 11.9. The van der Waals surface area contributed by atoms with Gasteiger partial charge in [0.1, 0.15) is 18.5 Å². The Kier molecular flexibility index (Phi) is 5.47. The first-order chi connectivity index (χ1) is 13.2. The van der Waals surface area contributed by atoms with Crippen molar-refractivity contribution < 1.29 is 18.4 Å². The molecule has 1 aromatic carbocycles. The van der Waals surface area contributed by atoms with E-state index in [1.165, 1.54) is 0 Å². The standard InChI is InChI=1S/C19H21N3O4S/c1-13-17(12-27(23)19-21-15-4-2-3-5-16(15)22-19)20-7-6-18(13)26-11-14-10-24-8-9-25-14/h2-7,14H,8-12H2,1H3,(H,21,22). The van der Waals surface area contributed by atoms with E-state index in [9.17, 15) is 4.21 Å². The number of hydrogen-bond acceptors (Lipinski definition) is 6. The van der Waals surface area contributed by atoms with Crippen LogP contribution in [0.4, 0.5) is 0 Å². The first-order valence-electron chi connectivity index (χ1n) is 8.80. The fourth-order valence-electron chi connectivity index (χ4n) is 2.91. The molecule has 0 saturated carbocycles. The van der Waals surface area contributed by atoms with E-state index < -0.39 is 10.8 Å². The van der Waals surface area contributed by atoms with Crippen molar-refractivity contribution >= 4 is 21.8 Å². The molecule has 1 aliphatic heterocycles. The minimum Gasteiger partial charge on any atom is -0.490 e. The van der Waals surface area contributed by atoms with Crippen LogP contribution in [0.2, 0.25) is 0 Å². The Labute approximate surface area is 159 Å². The largest absolute Gasteiger partial charge is 0.490 e. The second kappa shape index (κ2) is 8.16. The molecule has 8 heteroatoms. The van der Waals surface area contributed by atoms with Crippen LogP contribution in [0.5, 0.6) is 5.75 Å². The highest BCUT2D eigenvalue weighted by molar-refractivity contribution is 7.84. The zero-order valence-corrected chi connectivity index (χ0v) is 15.8. The zero-order chi connectivity index (χ0) is 18.6. The molecule has 0 aliphatic carbocycles. The predicted octanol–water partition coefficient (Wildman–Crippen LogP) is 2.37. The maximum atomic E-state index is 12.8. The fourth-order valence-corrected chi connectivity index (χ4v) is 4.01. The molecule has 1 fully saturated rings. The molecule has 4 rings (SSSR count). The van der Waals surface area contributed by atoms with E-state index in [4.69, 9.17) is 14.2 Å². The van der Waals surface area contributed by atoms with Gasteiger partial charge in [0.15, 0.2) is 5.16 Å². The van der Waals surface area contributed by atoms with Crippen molar-refractivity contribution in [1.82, 2.24) is 15.0 Å². The molecule has 3 heterocycles. The van der Waals surface area contributed by atoms with Crippen molar-refractivity contribution in [2.24, 2.45) is 0 Å². The zero-order valence-electron chi connectivity index (χ0n) is 15.0. The molecule has 0 bridgehead atoms. The number of nitrogens with one attached hydrogen (secondary N) is 1. The molecule has 2 unspecified atom stereocenters. The van der Waals surface area contributed by atoms with Crippen LogP contribution in [-0.2, 0) is 26.0 Å². The summed E-state index contributed by atoms with van der Waals surface area (Å²) < 4.78 is 29.6. The van der Waals surface area contributed by atoms with Gasteiger partial charge in [-0.3, -0.25) is 9.19 Å². The highest BCUT2D eigenvalue weighted by Crippen LogP contribution is 2.23. The Hall–Kier alpha value is -2.29. The highest BCUT2D eigenvalue weighted by Gasteiger charge is 2.18. The second-order valence-corrected chi connectivity index (χ2v) is 7.67. The summed E-state index contributed by atoms with van der Waals surface area (Å²) >= 11 is 0. The minimum absolute atomic E-state index is 0.0700. The molecule has 0 amide bonds. The van der Waals surface area contributed by atoms with E-state index in [1.54, 1.807) is 6.20 Å². The second-order valence-electron chi connectivity index (χ2n) is 6.31. The number of pyridine rings is 1. The third kappa shape index (κ3) is 4.18. The molecule has 27 heavy (non-hydrogen) atoms. The number of fused-ring (bicyclic) bond motifs is 1. The summed E-state index contributed by atoms with van der Waals surface area (Å²) in [6.45, 7) is 4.09. The maximum Gasteiger partial charge on any atom is 0.197 e. The van der Waals surface area contributed by atoms with Gasteiger partial charge in [-0.05, 0) is 25.1 Å². The number of aromatic nitrogens is 3. The molecule has 1 N–H and O–H groups in total. The molecule has 1 aliphatic rings. The van der Waals surface area contributed by atoms with Gasteiger partial charge in [-0.2, -0.15) is 0 Å². The Bertz CT molecular complexity index is 920. The number of imidazole rings is 1. The van der Waals surface area contributed by atoms with E-state index in [0.29, 0.717) is 31.6 Å². The van der Waals surface area contributed by atoms with Crippen LogP contribution in [0.15, 0.2) is 41.7 Å². The number of nitrogens with zero attached hydrogens (tertiary/aromatic N) is 2. The van der Waals surface area contributed by atoms with Gasteiger partial charge < -0.3 is 19.2 Å². The van der Waals surface area contributed by atoms with Gasteiger partial charge in [-0.1, -0.05) is 12.1 Å². The lowest BCUT2D eigenvalue weighted by Gasteiger charge is -2.23. The minimum atomic E-state index is -1.32. The topological polar surface area (TPSA) is 86.3 Å². The van der Waals surface area contributed by atoms with Crippen LogP contribution in [0.1, 0.15) is 11.3 Å². The molecular weight excluding hydrogens is 366 g/mol. The number of benzene rings is 1. The normalized spacial score (nSPS) is 18.5. The molecule has 2 aromatic heterocycles. The summed E-state index contributed by atoms with van der Waals surface area (Å²) in [5.41, 5.74) is 3.28. The summed E-state index contributed by atoms with van der Waals surface area (Å²) in [5.74, 6) is 0.988. The summed E-state index contributed by atoms with van der Waals surface area (Å²) in [6, 6.07) is 9.44. The van der Waals surface area contributed by atoms with Crippen molar-refractivity contribution in [2.75, 3.05) is 26.4 Å². The number of para-hydroxylation sites is 2. The van der Waals surface area contributed by atoms with E-state index in [2.05, 4.69) is 15.0 Å². The lowest BCUT2D eigenvalue weighted by molar-refractivity contribution is -0.101. The average molecular weight is 387 g/mol. The number of H-pyrrole nitrogens is 1. The highest BCUT2D eigenvalue weighted by atomic mass is 32.2. The summed E-state index contributed by atoms with van der Waals surface area (Å²) in [6.07, 6.45) is 1.60. The summed E-state index contributed by atoms with van der Waals surface area (Å²) in [7, 11) is -1.32. The van der Waals surface area contributed by atoms with Crippen LogP contribution in [0, 0.1) is 6.92 Å². The molecule has 142 valence electrons. The van der Waals surface area contributed by atoms with Crippen molar-refractivity contribution in [3.63, 3.8) is 0 Å². The van der Waals surface area contributed by atoms with Gasteiger partial charge >= 0.3 is 0 Å². The van der Waals surface area contributed by atoms with Crippen LogP contribution < -0.4 is 4.74 Å². The Morgan fingerprint density at radius 2 is 2.19 bits per heavy atom. The monoisotopic (exact) mass is 387 g/mol. The Morgan fingerprint density at radius 1 is 1.30 bits per heavy atom. The first-order valence-corrected chi connectivity index (χ1v) is 10.1. The molecular formula is C19H21N3O4S. The van der Waals surface area contributed by atoms with Gasteiger partial charge in [0.2, 0.25) is 0 Å². The lowest BCUT2D eigenvalue weighted by Crippen LogP contribution is -2.33. The summed E-state index contributed by atoms with van der Waals surface area (Å²) in [5, 5.41) is 0.455. The van der Waals surface area contributed by atoms with E-state index in [0.717, 1.165) is 28.0 Å². The fraction of sp³-hybridized carbons (Fsp3) is 0.368. The Morgan fingerprint density at radius 3 is 3.00 bits per heavy atom. The van der Waals surface area contributed by atoms with Gasteiger partial charge in [-0.15, -0.1) is 0 Å². The average Bonchev–Trinajstić information content (AvgIpc) is 3.14. The van der Waals surface area contributed by atoms with Crippen LogP contribution in [0.25, 0.3) is 11.0 Å². The molecule has 0 radical (unpaired) electrons. The lowest BCUT2D eigenvalue weighted by atomic mass is 10.2. The molecule has 3 aromatic rings. The van der Waals surface area contributed by atoms with Crippen molar-refractivity contribution in [3.05, 3.63) is 47.8 Å². The van der Waals surface area contributed by atoms with Crippen molar-refractivity contribution in [3.8, 4) is 5.75 Å². The van der Waals surface area contributed by atoms with Crippen LogP contribution in [-0.4, -0.2) is 51.7 Å². The van der Waals surface area contributed by atoms with Crippen LogP contribution >= 0.6 is 0 Å². The predicted molar refractivity (Wildman–Crippen MR) is 101 cm³/mol. The van der Waals surface area contributed by atoms with E-state index >= 15 is 0 Å². The van der Waals surface area contributed by atoms with Gasteiger partial charge in [-0.25, -0.2) is 4.98 Å². The van der Waals surface area contributed by atoms with Crippen LogP contribution in [0.3, 0.4) is 0 Å². The van der Waals surface area contributed by atoms with Gasteiger partial charge in [0, 0.05) is 11.8 Å². The van der Waals surface area contributed by atoms with E-state index in [-0.39, 0.29) is 11.9 Å². The third-order valence-corrected chi connectivity index (χ3v) is 5.58. The quantitative estimate of drug-likeness (QED) is 0.699. The number of hydrogen-bond donors (Lipinski definition) is 1.